The van der Waals surface area contributed by atoms with Gasteiger partial charge in [0.25, 0.3) is 0 Å². The van der Waals surface area contributed by atoms with Crippen molar-refractivity contribution in [2.75, 3.05) is 0 Å². The van der Waals surface area contributed by atoms with Crippen LogP contribution in [-0.4, -0.2) is 19.5 Å². The minimum atomic E-state index is 0.523. The van der Waals surface area contributed by atoms with E-state index >= 15 is 0 Å². The van der Waals surface area contributed by atoms with Gasteiger partial charge in [-0.1, -0.05) is 121 Å². The second-order valence-electron chi connectivity index (χ2n) is 12.8. The van der Waals surface area contributed by atoms with Crippen LogP contribution in [0.25, 0.3) is 106 Å². The van der Waals surface area contributed by atoms with Crippen molar-refractivity contribution in [3.05, 3.63) is 158 Å². The molecule has 0 aliphatic carbocycles. The fraction of sp³-hybridized carbons (Fsp3) is 0. The van der Waals surface area contributed by atoms with Gasteiger partial charge in [0.1, 0.15) is 16.7 Å². The first-order valence-corrected chi connectivity index (χ1v) is 17.0. The molecule has 6 heteroatoms. The first-order chi connectivity index (χ1) is 25.3. The molecule has 6 nitrogen and oxygen atoms in total. The normalized spacial score (nSPS) is 11.9. The average molecular weight is 655 g/mol. The lowest BCUT2D eigenvalue weighted by atomic mass is 10.1. The number of rotatable bonds is 4. The van der Waals surface area contributed by atoms with Gasteiger partial charge in [-0.25, -0.2) is 15.0 Å². The molecule has 0 aliphatic heterocycles. The zero-order valence-electron chi connectivity index (χ0n) is 27.1. The van der Waals surface area contributed by atoms with Crippen molar-refractivity contribution in [2.24, 2.45) is 0 Å². The molecule has 0 amide bonds. The van der Waals surface area contributed by atoms with E-state index in [4.69, 9.17) is 23.8 Å². The Bertz CT molecular complexity index is 3100. The molecule has 0 spiro atoms. The summed E-state index contributed by atoms with van der Waals surface area (Å²) in [6.07, 6.45) is 0. The third-order valence-corrected chi connectivity index (χ3v) is 9.88. The van der Waals surface area contributed by atoms with E-state index in [1.54, 1.807) is 0 Å². The minimum Gasteiger partial charge on any atom is -0.455 e. The van der Waals surface area contributed by atoms with E-state index in [1.165, 1.54) is 10.8 Å². The Kier molecular flexibility index (Phi) is 5.86. The van der Waals surface area contributed by atoms with E-state index in [0.717, 1.165) is 77.3 Å². The van der Waals surface area contributed by atoms with Gasteiger partial charge in [0, 0.05) is 37.9 Å². The van der Waals surface area contributed by atoms with Gasteiger partial charge in [-0.2, -0.15) is 0 Å². The maximum absolute atomic E-state index is 6.95. The van der Waals surface area contributed by atoms with E-state index in [9.17, 15) is 0 Å². The summed E-state index contributed by atoms with van der Waals surface area (Å²) in [5, 5.41) is 6.49. The molecule has 4 heterocycles. The van der Waals surface area contributed by atoms with Crippen molar-refractivity contribution in [2.45, 2.75) is 0 Å². The second-order valence-corrected chi connectivity index (χ2v) is 12.8. The quantitative estimate of drug-likeness (QED) is 0.189. The molecule has 0 radical (unpaired) electrons. The highest BCUT2D eigenvalue weighted by molar-refractivity contribution is 6.14. The Morgan fingerprint density at radius 3 is 1.53 bits per heavy atom. The Hall–Kier alpha value is -7.05. The van der Waals surface area contributed by atoms with Gasteiger partial charge in [-0.3, -0.25) is 0 Å². The molecule has 0 bridgehead atoms. The summed E-state index contributed by atoms with van der Waals surface area (Å²) < 4.78 is 15.7. The predicted molar refractivity (Wildman–Crippen MR) is 205 cm³/mol. The minimum absolute atomic E-state index is 0.523. The van der Waals surface area contributed by atoms with Crippen LogP contribution in [-0.2, 0) is 0 Å². The Labute approximate surface area is 290 Å². The van der Waals surface area contributed by atoms with Crippen molar-refractivity contribution in [3.63, 3.8) is 0 Å². The molecule has 0 aliphatic rings. The van der Waals surface area contributed by atoms with Crippen LogP contribution < -0.4 is 0 Å². The highest BCUT2D eigenvalue weighted by Gasteiger charge is 2.22. The lowest BCUT2D eigenvalue weighted by Crippen LogP contribution is -2.00. The van der Waals surface area contributed by atoms with Gasteiger partial charge in [-0.15, -0.1) is 0 Å². The van der Waals surface area contributed by atoms with Gasteiger partial charge >= 0.3 is 0 Å². The molecule has 51 heavy (non-hydrogen) atoms. The number of furan rings is 2. The Morgan fingerprint density at radius 2 is 0.843 bits per heavy atom. The number of hydrogen-bond donors (Lipinski definition) is 0. The molecule has 238 valence electrons. The van der Waals surface area contributed by atoms with E-state index < -0.39 is 0 Å². The van der Waals surface area contributed by atoms with Gasteiger partial charge < -0.3 is 13.4 Å². The number of hydrogen-bond acceptors (Lipinski definition) is 5. The SMILES string of the molecule is c1ccc(-c2nc(-c3cccc4c3oc3ccccc34)nc(-c3cccc4c3oc3c(-n5c6ccccc6c6ccccc65)cccc34)n2)cc1. The number of benzene rings is 7. The van der Waals surface area contributed by atoms with Crippen LogP contribution in [0.15, 0.2) is 167 Å². The molecule has 0 N–H and O–H groups in total. The lowest BCUT2D eigenvalue weighted by Gasteiger charge is -2.09. The van der Waals surface area contributed by atoms with Crippen LogP contribution >= 0.6 is 0 Å². The van der Waals surface area contributed by atoms with Crippen molar-refractivity contribution >= 4 is 65.7 Å². The van der Waals surface area contributed by atoms with Gasteiger partial charge in [0.15, 0.2) is 23.1 Å². The fourth-order valence-electron chi connectivity index (χ4n) is 7.60. The van der Waals surface area contributed by atoms with E-state index in [1.807, 2.05) is 72.8 Å². The van der Waals surface area contributed by atoms with Crippen molar-refractivity contribution in [3.8, 4) is 39.9 Å². The topological polar surface area (TPSA) is 69.9 Å². The molecule has 0 atom stereocenters. The maximum Gasteiger partial charge on any atom is 0.167 e. The van der Waals surface area contributed by atoms with Crippen LogP contribution in [0.4, 0.5) is 0 Å². The van der Waals surface area contributed by atoms with Crippen molar-refractivity contribution in [1.29, 1.82) is 0 Å². The first-order valence-electron chi connectivity index (χ1n) is 17.0. The summed E-state index contributed by atoms with van der Waals surface area (Å²) in [4.78, 5) is 15.3. The maximum atomic E-state index is 6.95. The van der Waals surface area contributed by atoms with Crippen molar-refractivity contribution in [1.82, 2.24) is 19.5 Å². The number of nitrogens with zero attached hydrogens (tertiary/aromatic N) is 4. The molecule has 0 saturated heterocycles. The number of fused-ring (bicyclic) bond motifs is 9. The molecular weight excluding hydrogens is 629 g/mol. The number of para-hydroxylation sites is 6. The zero-order valence-corrected chi connectivity index (χ0v) is 27.1. The highest BCUT2D eigenvalue weighted by Crippen LogP contribution is 2.41. The second kappa shape index (κ2) is 10.7. The van der Waals surface area contributed by atoms with Crippen LogP contribution in [0, 0.1) is 0 Å². The molecule has 7 aromatic carbocycles. The van der Waals surface area contributed by atoms with Crippen molar-refractivity contribution < 1.29 is 8.83 Å². The molecule has 0 fully saturated rings. The summed E-state index contributed by atoms with van der Waals surface area (Å²) in [5.41, 5.74) is 8.80. The van der Waals surface area contributed by atoms with Crippen LogP contribution in [0.2, 0.25) is 0 Å². The van der Waals surface area contributed by atoms with E-state index in [-0.39, 0.29) is 0 Å². The summed E-state index contributed by atoms with van der Waals surface area (Å²) in [6.45, 7) is 0. The molecule has 0 saturated carbocycles. The van der Waals surface area contributed by atoms with Crippen LogP contribution in [0.5, 0.6) is 0 Å². The van der Waals surface area contributed by atoms with Crippen LogP contribution in [0.1, 0.15) is 0 Å². The summed E-state index contributed by atoms with van der Waals surface area (Å²) >= 11 is 0. The fourth-order valence-corrected chi connectivity index (χ4v) is 7.60. The smallest absolute Gasteiger partial charge is 0.167 e. The largest absolute Gasteiger partial charge is 0.455 e. The van der Waals surface area contributed by atoms with Gasteiger partial charge in [0.2, 0.25) is 0 Å². The van der Waals surface area contributed by atoms with E-state index in [2.05, 4.69) is 89.5 Å². The summed E-state index contributed by atoms with van der Waals surface area (Å²) in [7, 11) is 0. The van der Waals surface area contributed by atoms with E-state index in [0.29, 0.717) is 17.5 Å². The molecule has 4 aromatic heterocycles. The zero-order chi connectivity index (χ0) is 33.5. The average Bonchev–Trinajstić information content (AvgIpc) is 3.88. The molecule has 11 rings (SSSR count). The summed E-state index contributed by atoms with van der Waals surface area (Å²) in [6, 6.07) is 53.8. The molecular formula is C45H26N4O2. The monoisotopic (exact) mass is 654 g/mol. The lowest BCUT2D eigenvalue weighted by molar-refractivity contribution is 0.667. The first kappa shape index (κ1) is 27.9. The van der Waals surface area contributed by atoms with Crippen LogP contribution in [0.3, 0.4) is 0 Å². The predicted octanol–water partition coefficient (Wildman–Crippen LogP) is 11.8. The third kappa shape index (κ3) is 4.14. The Balaban J connectivity index is 1.17. The molecule has 11 aromatic rings. The standard InChI is InChI=1S/C45H26N4O2/c1-2-13-27(14-3-1)43-46-44(34-21-10-18-31-30-17-6-9-26-39(30)50-40(31)34)48-45(47-43)35-22-11-19-32-33-20-12-25-38(42(33)51-41(32)35)49-36-23-7-4-15-28(36)29-16-5-8-24-37(29)49/h1-26H. The highest BCUT2D eigenvalue weighted by atomic mass is 16.3. The Morgan fingerprint density at radius 1 is 0.353 bits per heavy atom. The molecule has 0 unspecified atom stereocenters. The summed E-state index contributed by atoms with van der Waals surface area (Å²) in [5.74, 6) is 1.63. The third-order valence-electron chi connectivity index (χ3n) is 9.88. The van der Waals surface area contributed by atoms with Gasteiger partial charge in [0.05, 0.1) is 27.8 Å². The van der Waals surface area contributed by atoms with Gasteiger partial charge in [-0.05, 0) is 36.4 Å². The number of aromatic nitrogens is 4.